The van der Waals surface area contributed by atoms with E-state index in [4.69, 9.17) is 14.9 Å². The average Bonchev–Trinajstić information content (AvgIpc) is 2.98. The summed E-state index contributed by atoms with van der Waals surface area (Å²) in [7, 11) is 0. The van der Waals surface area contributed by atoms with Crippen LogP contribution in [0.2, 0.25) is 0 Å². The van der Waals surface area contributed by atoms with E-state index < -0.39 is 0 Å². The van der Waals surface area contributed by atoms with Gasteiger partial charge in [-0.2, -0.15) is 0 Å². The zero-order valence-electron chi connectivity index (χ0n) is 14.5. The van der Waals surface area contributed by atoms with Crippen LogP contribution in [0.5, 0.6) is 0 Å². The molecule has 2 N–H and O–H groups in total. The first-order valence-corrected chi connectivity index (χ1v) is 8.75. The summed E-state index contributed by atoms with van der Waals surface area (Å²) in [5.74, 6) is 0.243. The lowest BCUT2D eigenvalue weighted by Gasteiger charge is -2.31. The Balaban J connectivity index is 1.79. The van der Waals surface area contributed by atoms with Crippen molar-refractivity contribution < 1.29 is 18.7 Å². The summed E-state index contributed by atoms with van der Waals surface area (Å²) in [5, 5.41) is 0.919. The fourth-order valence-electron chi connectivity index (χ4n) is 3.39. The van der Waals surface area contributed by atoms with Crippen molar-refractivity contribution in [1.82, 2.24) is 4.90 Å². The number of piperidine rings is 1. The molecular weight excluding hydrogens is 320 g/mol. The molecule has 1 aliphatic rings. The van der Waals surface area contributed by atoms with E-state index in [9.17, 15) is 9.59 Å². The van der Waals surface area contributed by atoms with Crippen LogP contribution in [0, 0.1) is 5.92 Å². The second-order valence-electron chi connectivity index (χ2n) is 6.45. The van der Waals surface area contributed by atoms with Crippen LogP contribution in [0.15, 0.2) is 28.7 Å². The number of rotatable bonds is 6. The molecule has 134 valence electrons. The van der Waals surface area contributed by atoms with E-state index in [1.807, 2.05) is 31.2 Å². The molecule has 6 nitrogen and oxygen atoms in total. The quantitative estimate of drug-likeness (QED) is 0.873. The molecule has 3 rings (SSSR count). The number of nitrogens with zero attached hydrogens (tertiary/aromatic N) is 1. The van der Waals surface area contributed by atoms with Crippen LogP contribution in [0.4, 0.5) is 0 Å². The average molecular weight is 344 g/mol. The highest BCUT2D eigenvalue weighted by Gasteiger charge is 2.29. The van der Waals surface area contributed by atoms with Crippen LogP contribution < -0.4 is 5.73 Å². The first kappa shape index (κ1) is 17.5. The Morgan fingerprint density at radius 3 is 2.68 bits per heavy atom. The van der Waals surface area contributed by atoms with Gasteiger partial charge < -0.3 is 19.8 Å². The van der Waals surface area contributed by atoms with Gasteiger partial charge in [0.05, 0.1) is 6.61 Å². The van der Waals surface area contributed by atoms with Crippen molar-refractivity contribution >= 4 is 22.8 Å². The topological polar surface area (TPSA) is 85.8 Å². The highest BCUT2D eigenvalue weighted by Crippen LogP contribution is 2.29. The summed E-state index contributed by atoms with van der Waals surface area (Å²) in [4.78, 5) is 25.8. The lowest BCUT2D eigenvalue weighted by atomic mass is 9.93. The molecule has 0 aliphatic carbocycles. The Hall–Kier alpha value is -2.34. The maximum absolute atomic E-state index is 13.0. The third kappa shape index (κ3) is 3.85. The van der Waals surface area contributed by atoms with Gasteiger partial charge in [0.15, 0.2) is 5.76 Å². The summed E-state index contributed by atoms with van der Waals surface area (Å²) in [6.45, 7) is 4.08. The number of likely N-dealkylation sites (tertiary alicyclic amines) is 1. The van der Waals surface area contributed by atoms with Gasteiger partial charge in [-0.05, 0) is 31.7 Å². The van der Waals surface area contributed by atoms with Gasteiger partial charge in [-0.25, -0.2) is 0 Å². The van der Waals surface area contributed by atoms with Gasteiger partial charge in [0.2, 0.25) is 5.91 Å². The standard InChI is InChI=1S/C19H24N2O4/c1-2-24-12-15-14-5-3-4-6-16(14)25-18(15)19(23)21-9-7-13(8-10-21)11-17(20)22/h3-6,13H,2,7-12H2,1H3,(H2,20,22). The molecule has 2 heterocycles. The highest BCUT2D eigenvalue weighted by atomic mass is 16.5. The molecule has 0 radical (unpaired) electrons. The normalized spacial score (nSPS) is 15.6. The predicted molar refractivity (Wildman–Crippen MR) is 94.0 cm³/mol. The molecule has 0 atom stereocenters. The van der Waals surface area contributed by atoms with Crippen molar-refractivity contribution in [2.24, 2.45) is 11.7 Å². The molecule has 25 heavy (non-hydrogen) atoms. The molecule has 0 spiro atoms. The number of hydrogen-bond acceptors (Lipinski definition) is 4. The van der Waals surface area contributed by atoms with Gasteiger partial charge in [0, 0.05) is 37.1 Å². The van der Waals surface area contributed by atoms with Crippen molar-refractivity contribution in [1.29, 1.82) is 0 Å². The summed E-state index contributed by atoms with van der Waals surface area (Å²) < 4.78 is 11.4. The minimum Gasteiger partial charge on any atom is -0.451 e. The fourth-order valence-corrected chi connectivity index (χ4v) is 3.39. The maximum atomic E-state index is 13.0. The van der Waals surface area contributed by atoms with Crippen molar-refractivity contribution in [3.8, 4) is 0 Å². The minimum atomic E-state index is -0.277. The number of carbonyl (C=O) groups is 2. The molecule has 1 saturated heterocycles. The number of furan rings is 1. The predicted octanol–water partition coefficient (Wildman–Crippen LogP) is 2.70. The van der Waals surface area contributed by atoms with E-state index in [-0.39, 0.29) is 17.7 Å². The van der Waals surface area contributed by atoms with E-state index in [2.05, 4.69) is 0 Å². The molecule has 6 heteroatoms. The van der Waals surface area contributed by atoms with E-state index in [1.54, 1.807) is 4.90 Å². The molecular formula is C19H24N2O4. The molecule has 0 saturated carbocycles. The first-order valence-electron chi connectivity index (χ1n) is 8.75. The van der Waals surface area contributed by atoms with Gasteiger partial charge in [-0.3, -0.25) is 9.59 Å². The Labute approximate surface area is 146 Å². The third-order valence-electron chi connectivity index (χ3n) is 4.73. The molecule has 1 aromatic carbocycles. The van der Waals surface area contributed by atoms with Crippen LogP contribution in [0.25, 0.3) is 11.0 Å². The fraction of sp³-hybridized carbons (Fsp3) is 0.474. The van der Waals surface area contributed by atoms with Crippen molar-refractivity contribution in [2.75, 3.05) is 19.7 Å². The number of benzene rings is 1. The molecule has 2 aromatic rings. The number of hydrogen-bond donors (Lipinski definition) is 1. The van der Waals surface area contributed by atoms with Crippen LogP contribution in [0.1, 0.15) is 42.3 Å². The lowest BCUT2D eigenvalue weighted by molar-refractivity contribution is -0.119. The Morgan fingerprint density at radius 2 is 2.00 bits per heavy atom. The van der Waals surface area contributed by atoms with Gasteiger partial charge in [-0.1, -0.05) is 18.2 Å². The smallest absolute Gasteiger partial charge is 0.289 e. The number of ether oxygens (including phenoxy) is 1. The van der Waals surface area contributed by atoms with Crippen molar-refractivity contribution in [2.45, 2.75) is 32.8 Å². The molecule has 2 amide bonds. The summed E-state index contributed by atoms with van der Waals surface area (Å²) in [6.07, 6.45) is 1.97. The Morgan fingerprint density at radius 1 is 1.28 bits per heavy atom. The highest BCUT2D eigenvalue weighted by molar-refractivity contribution is 5.99. The summed E-state index contributed by atoms with van der Waals surface area (Å²) in [5.41, 5.74) is 6.78. The van der Waals surface area contributed by atoms with Crippen LogP contribution in [-0.2, 0) is 16.1 Å². The second-order valence-corrected chi connectivity index (χ2v) is 6.45. The number of fused-ring (bicyclic) bond motifs is 1. The molecule has 0 bridgehead atoms. The minimum absolute atomic E-state index is 0.108. The molecule has 1 aromatic heterocycles. The molecule has 1 fully saturated rings. The van der Waals surface area contributed by atoms with Gasteiger partial charge in [0.25, 0.3) is 5.91 Å². The zero-order chi connectivity index (χ0) is 17.8. The number of para-hydroxylation sites is 1. The zero-order valence-corrected chi connectivity index (χ0v) is 14.5. The van der Waals surface area contributed by atoms with Gasteiger partial charge in [-0.15, -0.1) is 0 Å². The van der Waals surface area contributed by atoms with Gasteiger partial charge >= 0.3 is 0 Å². The van der Waals surface area contributed by atoms with Crippen LogP contribution in [-0.4, -0.2) is 36.4 Å². The maximum Gasteiger partial charge on any atom is 0.289 e. The van der Waals surface area contributed by atoms with Gasteiger partial charge in [0.1, 0.15) is 5.58 Å². The second kappa shape index (κ2) is 7.70. The number of amides is 2. The Kier molecular flexibility index (Phi) is 5.38. The van der Waals surface area contributed by atoms with E-state index in [1.165, 1.54) is 0 Å². The Bertz CT molecular complexity index is 760. The largest absolute Gasteiger partial charge is 0.451 e. The summed E-state index contributed by atoms with van der Waals surface area (Å²) in [6, 6.07) is 7.63. The number of primary amides is 1. The monoisotopic (exact) mass is 344 g/mol. The summed E-state index contributed by atoms with van der Waals surface area (Å²) >= 11 is 0. The molecule has 0 unspecified atom stereocenters. The number of carbonyl (C=O) groups excluding carboxylic acids is 2. The van der Waals surface area contributed by atoms with E-state index in [0.717, 1.165) is 23.8 Å². The van der Waals surface area contributed by atoms with Crippen molar-refractivity contribution in [3.63, 3.8) is 0 Å². The first-order chi connectivity index (χ1) is 12.1. The van der Waals surface area contributed by atoms with Crippen molar-refractivity contribution in [3.05, 3.63) is 35.6 Å². The van der Waals surface area contributed by atoms with E-state index >= 15 is 0 Å². The van der Waals surface area contributed by atoms with Crippen LogP contribution in [0.3, 0.4) is 0 Å². The lowest BCUT2D eigenvalue weighted by Crippen LogP contribution is -2.39. The third-order valence-corrected chi connectivity index (χ3v) is 4.73. The number of nitrogens with two attached hydrogens (primary N) is 1. The molecule has 1 aliphatic heterocycles. The van der Waals surface area contributed by atoms with Crippen LogP contribution >= 0.6 is 0 Å². The SMILES string of the molecule is CCOCc1c(C(=O)N2CCC(CC(N)=O)CC2)oc2ccccc12. The van der Waals surface area contributed by atoms with E-state index in [0.29, 0.717) is 44.1 Å².